The van der Waals surface area contributed by atoms with Crippen molar-refractivity contribution in [2.24, 2.45) is 0 Å². The van der Waals surface area contributed by atoms with Gasteiger partial charge in [-0.05, 0) is 24.6 Å². The van der Waals surface area contributed by atoms with Gasteiger partial charge in [-0.1, -0.05) is 30.3 Å². The predicted octanol–water partition coefficient (Wildman–Crippen LogP) is 5.20. The standard InChI is InChI=1S/C22H15F2N5S/c1-13-26-20(12-30-13)15-7-5-14(6-8-15)10-29-11-19-18(9-25-29)27-22(28-19)16-3-2-4-17(23)21(16)24/h2-9,11-12H,10H2,1H3. The minimum absolute atomic E-state index is 0.0330. The maximum Gasteiger partial charge on any atom is 0.169 e. The summed E-state index contributed by atoms with van der Waals surface area (Å²) in [4.78, 5) is 13.1. The number of halogens is 2. The van der Waals surface area contributed by atoms with Gasteiger partial charge in [0.15, 0.2) is 17.5 Å². The van der Waals surface area contributed by atoms with Crippen LogP contribution in [0.3, 0.4) is 0 Å². The quantitative estimate of drug-likeness (QED) is 0.402. The van der Waals surface area contributed by atoms with Crippen LogP contribution >= 0.6 is 11.3 Å². The van der Waals surface area contributed by atoms with E-state index in [1.165, 1.54) is 12.1 Å². The number of hydrogen-bond donors (Lipinski definition) is 0. The van der Waals surface area contributed by atoms with Gasteiger partial charge in [-0.25, -0.2) is 23.7 Å². The minimum Gasteiger partial charge on any atom is -0.266 e. The van der Waals surface area contributed by atoms with Crippen molar-refractivity contribution in [1.82, 2.24) is 24.7 Å². The van der Waals surface area contributed by atoms with Crippen molar-refractivity contribution >= 4 is 11.3 Å². The summed E-state index contributed by atoms with van der Waals surface area (Å²) in [6.07, 6.45) is 3.33. The second kappa shape index (κ2) is 7.38. The van der Waals surface area contributed by atoms with Crippen LogP contribution in [-0.4, -0.2) is 24.7 Å². The molecule has 30 heavy (non-hydrogen) atoms. The first kappa shape index (κ1) is 18.5. The highest BCUT2D eigenvalue weighted by atomic mass is 32.1. The van der Waals surface area contributed by atoms with Crippen molar-refractivity contribution in [2.45, 2.75) is 13.5 Å². The maximum atomic E-state index is 14.1. The lowest BCUT2D eigenvalue weighted by Crippen LogP contribution is -2.05. The molecule has 2 aliphatic heterocycles. The molecule has 3 aromatic rings. The van der Waals surface area contributed by atoms with Gasteiger partial charge in [0.2, 0.25) is 0 Å². The van der Waals surface area contributed by atoms with E-state index in [1.807, 2.05) is 36.6 Å². The lowest BCUT2D eigenvalue weighted by Gasteiger charge is -2.07. The first-order chi connectivity index (χ1) is 14.6. The number of fused-ring (bicyclic) bond motifs is 1. The highest BCUT2D eigenvalue weighted by molar-refractivity contribution is 7.09. The van der Waals surface area contributed by atoms with Crippen LogP contribution < -0.4 is 0 Å². The normalized spacial score (nSPS) is 11.3. The third-order valence-electron chi connectivity index (χ3n) is 4.72. The second-order valence-corrected chi connectivity index (χ2v) is 7.90. The molecule has 3 heterocycles. The minimum atomic E-state index is -0.955. The summed E-state index contributed by atoms with van der Waals surface area (Å²) >= 11 is 1.63. The van der Waals surface area contributed by atoms with Crippen LogP contribution in [-0.2, 0) is 6.54 Å². The maximum absolute atomic E-state index is 14.1. The molecule has 2 aromatic carbocycles. The van der Waals surface area contributed by atoms with Gasteiger partial charge in [0.25, 0.3) is 0 Å². The largest absolute Gasteiger partial charge is 0.266 e. The van der Waals surface area contributed by atoms with E-state index in [1.54, 1.807) is 28.4 Å². The number of rotatable bonds is 4. The van der Waals surface area contributed by atoms with Crippen molar-refractivity contribution in [2.75, 3.05) is 0 Å². The van der Waals surface area contributed by atoms with Crippen LogP contribution in [0.5, 0.6) is 0 Å². The SMILES string of the molecule is Cc1nc(-c2ccc(Cn3cc4nc(-c5cccc(F)c5F)nc-4cn3)cc2)cs1. The molecular formula is C22H15F2N5S. The van der Waals surface area contributed by atoms with Crippen molar-refractivity contribution in [3.8, 4) is 34.0 Å². The van der Waals surface area contributed by atoms with E-state index in [4.69, 9.17) is 0 Å². The molecule has 0 spiro atoms. The Kier molecular flexibility index (Phi) is 4.55. The molecule has 5 nitrogen and oxygen atoms in total. The van der Waals surface area contributed by atoms with Gasteiger partial charge >= 0.3 is 0 Å². The number of imidazole rings is 1. The molecule has 0 atom stereocenters. The molecule has 0 N–H and O–H groups in total. The number of aryl methyl sites for hydroxylation is 1. The van der Waals surface area contributed by atoms with Gasteiger partial charge in [-0.3, -0.25) is 4.68 Å². The molecule has 1 aromatic heterocycles. The Hall–Kier alpha value is -3.52. The van der Waals surface area contributed by atoms with E-state index in [0.717, 1.165) is 27.9 Å². The van der Waals surface area contributed by atoms with Crippen LogP contribution in [0.15, 0.2) is 60.2 Å². The van der Waals surface area contributed by atoms with Crippen molar-refractivity contribution in [1.29, 1.82) is 0 Å². The topological polar surface area (TPSA) is 56.5 Å². The first-order valence-corrected chi connectivity index (χ1v) is 10.1. The molecule has 0 amide bonds. The number of nitrogens with zero attached hydrogens (tertiary/aromatic N) is 5. The van der Waals surface area contributed by atoms with Crippen LogP contribution in [0.2, 0.25) is 0 Å². The lowest BCUT2D eigenvalue weighted by atomic mass is 10.1. The number of thiazole rings is 1. The fourth-order valence-electron chi connectivity index (χ4n) is 3.21. The molecule has 2 aliphatic rings. The van der Waals surface area contributed by atoms with Crippen molar-refractivity contribution < 1.29 is 8.78 Å². The van der Waals surface area contributed by atoms with Crippen molar-refractivity contribution in [3.63, 3.8) is 0 Å². The fourth-order valence-corrected chi connectivity index (χ4v) is 3.83. The average molecular weight is 419 g/mol. The molecule has 5 rings (SSSR count). The molecule has 0 unspecified atom stereocenters. The van der Waals surface area contributed by atoms with Crippen molar-refractivity contribution in [3.05, 3.63) is 82.4 Å². The molecule has 0 saturated heterocycles. The Morgan fingerprint density at radius 2 is 1.73 bits per heavy atom. The Bertz CT molecular complexity index is 1310. The molecule has 0 radical (unpaired) electrons. The van der Waals surface area contributed by atoms with Gasteiger partial charge < -0.3 is 0 Å². The molecule has 0 bridgehead atoms. The van der Waals surface area contributed by atoms with E-state index >= 15 is 0 Å². The Morgan fingerprint density at radius 3 is 2.50 bits per heavy atom. The van der Waals surface area contributed by atoms with E-state index < -0.39 is 11.6 Å². The zero-order valence-electron chi connectivity index (χ0n) is 15.9. The molecular weight excluding hydrogens is 404 g/mol. The molecule has 8 heteroatoms. The summed E-state index contributed by atoms with van der Waals surface area (Å²) in [5.41, 5.74) is 4.24. The predicted molar refractivity (Wildman–Crippen MR) is 111 cm³/mol. The smallest absolute Gasteiger partial charge is 0.169 e. The summed E-state index contributed by atoms with van der Waals surface area (Å²) in [5, 5.41) is 7.45. The van der Waals surface area contributed by atoms with Gasteiger partial charge in [0.1, 0.15) is 11.4 Å². The van der Waals surface area contributed by atoms with Gasteiger partial charge in [-0.2, -0.15) is 5.10 Å². The highest BCUT2D eigenvalue weighted by Crippen LogP contribution is 2.27. The molecule has 0 fully saturated rings. The summed E-state index contributed by atoms with van der Waals surface area (Å²) in [7, 11) is 0. The Balaban J connectivity index is 1.40. The summed E-state index contributed by atoms with van der Waals surface area (Å²) in [6, 6.07) is 12.1. The number of benzene rings is 2. The number of hydrogen-bond acceptors (Lipinski definition) is 5. The van der Waals surface area contributed by atoms with E-state index in [9.17, 15) is 8.78 Å². The Labute approximate surface area is 175 Å². The number of aromatic nitrogens is 5. The van der Waals surface area contributed by atoms with Gasteiger partial charge in [-0.15, -0.1) is 11.3 Å². The van der Waals surface area contributed by atoms with Crippen LogP contribution in [0.25, 0.3) is 34.0 Å². The highest BCUT2D eigenvalue weighted by Gasteiger charge is 2.18. The molecule has 0 aliphatic carbocycles. The van der Waals surface area contributed by atoms with E-state index in [0.29, 0.717) is 17.9 Å². The third-order valence-corrected chi connectivity index (χ3v) is 5.49. The fraction of sp³-hybridized carbons (Fsp3) is 0.0909. The van der Waals surface area contributed by atoms with E-state index in [-0.39, 0.29) is 11.4 Å². The summed E-state index contributed by atoms with van der Waals surface area (Å²) in [5.74, 6) is -1.74. The third kappa shape index (κ3) is 3.46. The molecule has 148 valence electrons. The zero-order chi connectivity index (χ0) is 20.7. The molecule has 0 saturated carbocycles. The Morgan fingerprint density at radius 1 is 0.933 bits per heavy atom. The van der Waals surface area contributed by atoms with E-state index in [2.05, 4.69) is 20.1 Å². The monoisotopic (exact) mass is 419 g/mol. The average Bonchev–Trinajstić information content (AvgIpc) is 3.36. The van der Waals surface area contributed by atoms with Crippen LogP contribution in [0, 0.1) is 18.6 Å². The van der Waals surface area contributed by atoms with Gasteiger partial charge in [0, 0.05) is 10.9 Å². The summed E-state index contributed by atoms with van der Waals surface area (Å²) in [6.45, 7) is 2.53. The lowest BCUT2D eigenvalue weighted by molar-refractivity contribution is 0.510. The van der Waals surface area contributed by atoms with Gasteiger partial charge in [0.05, 0.1) is 35.2 Å². The first-order valence-electron chi connectivity index (χ1n) is 9.23. The second-order valence-electron chi connectivity index (χ2n) is 6.84. The zero-order valence-corrected chi connectivity index (χ0v) is 16.7. The van der Waals surface area contributed by atoms with Crippen LogP contribution in [0.1, 0.15) is 10.6 Å². The van der Waals surface area contributed by atoms with Crippen LogP contribution in [0.4, 0.5) is 8.78 Å². The summed E-state index contributed by atoms with van der Waals surface area (Å²) < 4.78 is 29.3.